The van der Waals surface area contributed by atoms with Crippen molar-refractivity contribution >= 4 is 46.9 Å². The summed E-state index contributed by atoms with van der Waals surface area (Å²) in [5.41, 5.74) is 9.36. The third kappa shape index (κ3) is 3.23. The molecule has 12 heteroatoms. The molecule has 136 valence electrons. The van der Waals surface area contributed by atoms with Gasteiger partial charge in [0.05, 0.1) is 24.0 Å². The minimum atomic E-state index is -0.518. The number of benzene rings is 1. The van der Waals surface area contributed by atoms with Gasteiger partial charge in [-0.05, 0) is 53.1 Å². The van der Waals surface area contributed by atoms with Crippen LogP contribution in [0.3, 0.4) is 0 Å². The smallest absolute Gasteiger partial charge is 0.221 e. The minimum absolute atomic E-state index is 0.0673. The van der Waals surface area contributed by atoms with Crippen molar-refractivity contribution < 1.29 is 9.47 Å². The van der Waals surface area contributed by atoms with E-state index in [9.17, 15) is 0 Å². The third-order valence-electron chi connectivity index (χ3n) is 4.11. The summed E-state index contributed by atoms with van der Waals surface area (Å²) in [7, 11) is 0. The van der Waals surface area contributed by atoms with Crippen LogP contribution in [0.4, 0.5) is 0 Å². The van der Waals surface area contributed by atoms with Crippen LogP contribution in [0.25, 0.3) is 5.69 Å². The van der Waals surface area contributed by atoms with E-state index >= 15 is 0 Å². The zero-order valence-corrected chi connectivity index (χ0v) is 15.7. The highest BCUT2D eigenvalue weighted by Gasteiger charge is 2.44. The molecule has 0 spiro atoms. The number of hydrazone groups is 1. The number of fused-ring (bicyclic) bond motifs is 2. The minimum Gasteiger partial charge on any atom is -0.375 e. The first-order valence-electron chi connectivity index (χ1n) is 7.72. The zero-order chi connectivity index (χ0) is 18.3. The number of nitrogens with one attached hydrogen (secondary N) is 1. The molecule has 3 N–H and O–H groups in total. The van der Waals surface area contributed by atoms with Crippen LogP contribution in [-0.4, -0.2) is 49.6 Å². The van der Waals surface area contributed by atoms with Crippen molar-refractivity contribution in [3.63, 3.8) is 0 Å². The quantitative estimate of drug-likeness (QED) is 0.575. The van der Waals surface area contributed by atoms with Crippen LogP contribution >= 0.6 is 36.0 Å². The Labute approximate surface area is 163 Å². The van der Waals surface area contributed by atoms with Crippen molar-refractivity contribution in [3.05, 3.63) is 34.1 Å². The second kappa shape index (κ2) is 7.00. The predicted octanol–water partition coefficient (Wildman–Crippen LogP) is 1.33. The number of halogens is 1. The number of nitrogens with two attached hydrogens (primary N) is 1. The summed E-state index contributed by atoms with van der Waals surface area (Å²) in [5.74, 6) is 0. The summed E-state index contributed by atoms with van der Waals surface area (Å²) in [6.07, 6.45) is -0.191. The van der Waals surface area contributed by atoms with Crippen molar-refractivity contribution in [1.82, 2.24) is 25.2 Å². The summed E-state index contributed by atoms with van der Waals surface area (Å²) < 4.78 is 15.1. The van der Waals surface area contributed by atoms with Crippen molar-refractivity contribution in [3.8, 4) is 5.69 Å². The number of thiocarbonyl (C=S) groups is 1. The SMILES string of the molecule is NC(=S)N/N=C1/C[C@H](n2nnn(-c3cccc(Cl)c3)c2=S)[C@@H]2CO[C@@H]1O2. The van der Waals surface area contributed by atoms with Crippen molar-refractivity contribution in [2.75, 3.05) is 6.61 Å². The molecule has 2 aliphatic rings. The number of hydrogen-bond donors (Lipinski definition) is 2. The Morgan fingerprint density at radius 2 is 2.27 bits per heavy atom. The molecule has 0 unspecified atom stereocenters. The molecule has 0 amide bonds. The molecule has 1 aromatic heterocycles. The van der Waals surface area contributed by atoms with Gasteiger partial charge in [0.2, 0.25) is 4.77 Å². The maximum atomic E-state index is 6.05. The van der Waals surface area contributed by atoms with E-state index < -0.39 is 6.29 Å². The lowest BCUT2D eigenvalue weighted by atomic mass is 10.0. The first-order chi connectivity index (χ1) is 12.5. The molecular weight excluding hydrogens is 398 g/mol. The van der Waals surface area contributed by atoms with Gasteiger partial charge in [-0.25, -0.2) is 4.68 Å². The van der Waals surface area contributed by atoms with E-state index in [1.807, 2.05) is 12.1 Å². The number of rotatable bonds is 3. The normalized spacial score (nSPS) is 26.2. The summed E-state index contributed by atoms with van der Waals surface area (Å²) in [4.78, 5) is 0. The monoisotopic (exact) mass is 411 g/mol. The molecule has 9 nitrogen and oxygen atoms in total. The molecule has 1 aromatic carbocycles. The standard InChI is InChI=1S/C14H14ClN7O2S2/c15-7-2-1-3-8(4-7)21-14(26)22(20-19-21)10-5-9(17-18-13(16)25)12-23-6-11(10)24-12/h1-4,10-12H,5-6H2,(H3,16,18,25)/b17-9-/t10-,11-,12+/m0/s1. The lowest BCUT2D eigenvalue weighted by Gasteiger charge is -2.27. The second-order valence-electron chi connectivity index (χ2n) is 5.79. The number of nitrogens with zero attached hydrogens (tertiary/aromatic N) is 5. The Hall–Kier alpha value is -1.92. The molecular formula is C14H14ClN7O2S2. The molecule has 26 heavy (non-hydrogen) atoms. The van der Waals surface area contributed by atoms with Gasteiger partial charge in [-0.2, -0.15) is 9.78 Å². The Morgan fingerprint density at radius 3 is 3.04 bits per heavy atom. The molecule has 2 aromatic rings. The van der Waals surface area contributed by atoms with Crippen LogP contribution in [0.5, 0.6) is 0 Å². The van der Waals surface area contributed by atoms with Crippen LogP contribution in [0.2, 0.25) is 5.02 Å². The Kier molecular flexibility index (Phi) is 4.71. The Morgan fingerprint density at radius 1 is 1.42 bits per heavy atom. The van der Waals surface area contributed by atoms with E-state index in [2.05, 4.69) is 21.0 Å². The number of aromatic nitrogens is 4. The molecule has 3 atom stereocenters. The third-order valence-corrected chi connectivity index (χ3v) is 4.80. The second-order valence-corrected chi connectivity index (χ2v) is 7.03. The molecule has 0 radical (unpaired) electrons. The fourth-order valence-electron chi connectivity index (χ4n) is 2.94. The Balaban J connectivity index is 1.66. The highest BCUT2D eigenvalue weighted by molar-refractivity contribution is 7.80. The summed E-state index contributed by atoms with van der Waals surface area (Å²) >= 11 is 16.4. The number of tetrazole rings is 1. The average Bonchev–Trinajstić information content (AvgIpc) is 3.19. The van der Waals surface area contributed by atoms with Gasteiger partial charge >= 0.3 is 0 Å². The zero-order valence-electron chi connectivity index (χ0n) is 13.3. The largest absolute Gasteiger partial charge is 0.375 e. The first-order valence-corrected chi connectivity index (χ1v) is 8.92. The predicted molar refractivity (Wildman–Crippen MR) is 101 cm³/mol. The Bertz CT molecular complexity index is 943. The van der Waals surface area contributed by atoms with E-state index in [-0.39, 0.29) is 17.3 Å². The van der Waals surface area contributed by atoms with Gasteiger partial charge in [0.1, 0.15) is 6.10 Å². The van der Waals surface area contributed by atoms with Gasteiger partial charge in [-0.1, -0.05) is 17.7 Å². The van der Waals surface area contributed by atoms with Crippen LogP contribution < -0.4 is 11.2 Å². The van der Waals surface area contributed by atoms with Gasteiger partial charge in [0, 0.05) is 11.4 Å². The molecule has 3 heterocycles. The fraction of sp³-hybridized carbons (Fsp3) is 0.357. The number of ether oxygens (including phenoxy) is 2. The maximum Gasteiger partial charge on any atom is 0.221 e. The maximum absolute atomic E-state index is 6.05. The van der Waals surface area contributed by atoms with E-state index in [0.29, 0.717) is 28.5 Å². The fourth-order valence-corrected chi connectivity index (χ4v) is 3.49. The van der Waals surface area contributed by atoms with Gasteiger partial charge in [0.25, 0.3) is 0 Å². The van der Waals surface area contributed by atoms with Crippen molar-refractivity contribution in [2.45, 2.75) is 24.9 Å². The van der Waals surface area contributed by atoms with E-state index in [1.54, 1.807) is 21.5 Å². The van der Waals surface area contributed by atoms with Crippen LogP contribution in [0.15, 0.2) is 29.4 Å². The molecule has 2 saturated heterocycles. The van der Waals surface area contributed by atoms with Gasteiger partial charge in [0.15, 0.2) is 11.4 Å². The molecule has 2 aliphatic heterocycles. The topological polar surface area (TPSA) is 105 Å². The van der Waals surface area contributed by atoms with E-state index in [0.717, 1.165) is 5.69 Å². The van der Waals surface area contributed by atoms with Gasteiger partial charge in [-0.15, -0.1) is 0 Å². The summed E-state index contributed by atoms with van der Waals surface area (Å²) in [6.45, 7) is 0.410. The van der Waals surface area contributed by atoms with Crippen LogP contribution in [-0.2, 0) is 9.47 Å². The van der Waals surface area contributed by atoms with E-state index in [4.69, 9.17) is 51.2 Å². The molecule has 0 aliphatic carbocycles. The van der Waals surface area contributed by atoms with E-state index in [1.165, 1.54) is 0 Å². The van der Waals surface area contributed by atoms with Gasteiger partial charge < -0.3 is 15.2 Å². The van der Waals surface area contributed by atoms with Crippen LogP contribution in [0.1, 0.15) is 12.5 Å². The van der Waals surface area contributed by atoms with Crippen LogP contribution in [0, 0.1) is 4.77 Å². The lowest BCUT2D eigenvalue weighted by molar-refractivity contribution is -0.0324. The van der Waals surface area contributed by atoms with Crippen molar-refractivity contribution in [1.29, 1.82) is 0 Å². The average molecular weight is 412 g/mol. The highest BCUT2D eigenvalue weighted by Crippen LogP contribution is 2.33. The van der Waals surface area contributed by atoms with Gasteiger partial charge in [-0.3, -0.25) is 5.43 Å². The van der Waals surface area contributed by atoms with Crippen molar-refractivity contribution in [2.24, 2.45) is 10.8 Å². The molecule has 4 rings (SSSR count). The molecule has 2 fully saturated rings. The number of hydrogen-bond acceptors (Lipinski definition) is 7. The summed E-state index contributed by atoms with van der Waals surface area (Å²) in [5, 5.41) is 13.2. The summed E-state index contributed by atoms with van der Waals surface area (Å²) in [6, 6.07) is 7.01. The lowest BCUT2D eigenvalue weighted by Crippen LogP contribution is -2.39. The molecule has 0 saturated carbocycles. The highest BCUT2D eigenvalue weighted by atomic mass is 35.5. The molecule has 2 bridgehead atoms. The first kappa shape index (κ1) is 17.5.